The van der Waals surface area contributed by atoms with Crippen molar-refractivity contribution in [2.75, 3.05) is 6.26 Å². The van der Waals surface area contributed by atoms with Gasteiger partial charge < -0.3 is 0 Å². The van der Waals surface area contributed by atoms with Crippen LogP contribution in [0.3, 0.4) is 0 Å². The minimum absolute atomic E-state index is 0.339. The van der Waals surface area contributed by atoms with E-state index >= 15 is 0 Å². The molecule has 0 heterocycles. The molecule has 1 aromatic carbocycles. The van der Waals surface area contributed by atoms with Gasteiger partial charge in [0, 0.05) is 0 Å². The number of halogens is 1. The Morgan fingerprint density at radius 3 is 2.07 bits per heavy atom. The van der Waals surface area contributed by atoms with Crippen LogP contribution in [0.15, 0.2) is 24.3 Å². The van der Waals surface area contributed by atoms with Gasteiger partial charge in [0.1, 0.15) is 5.82 Å². The van der Waals surface area contributed by atoms with E-state index in [0.29, 0.717) is 5.56 Å². The zero-order valence-corrected chi connectivity index (χ0v) is 9.73. The molecule has 1 N–H and O–H groups in total. The zero-order chi connectivity index (χ0) is 11.7. The average molecular weight is 231 g/mol. The second-order valence-corrected chi connectivity index (χ2v) is 5.75. The molecule has 5 heteroatoms. The quantitative estimate of drug-likeness (QED) is 0.859. The van der Waals surface area contributed by atoms with Crippen LogP contribution in [0.1, 0.15) is 19.4 Å². The average Bonchev–Trinajstić information content (AvgIpc) is 2.00. The third kappa shape index (κ3) is 3.60. The fourth-order valence-electron chi connectivity index (χ4n) is 1.39. The molecule has 0 amide bonds. The highest BCUT2D eigenvalue weighted by Crippen LogP contribution is 2.20. The summed E-state index contributed by atoms with van der Waals surface area (Å²) < 4.78 is 37.4. The Morgan fingerprint density at radius 1 is 1.20 bits per heavy atom. The van der Waals surface area contributed by atoms with E-state index in [1.54, 1.807) is 26.0 Å². The van der Waals surface area contributed by atoms with Gasteiger partial charge in [-0.3, -0.25) is 0 Å². The normalized spacial score (nSPS) is 12.8. The molecule has 0 spiro atoms. The number of benzene rings is 1. The van der Waals surface area contributed by atoms with E-state index in [4.69, 9.17) is 0 Å². The van der Waals surface area contributed by atoms with E-state index in [1.807, 2.05) is 0 Å². The molecule has 15 heavy (non-hydrogen) atoms. The van der Waals surface area contributed by atoms with Crippen molar-refractivity contribution >= 4 is 10.0 Å². The molecule has 0 radical (unpaired) electrons. The van der Waals surface area contributed by atoms with E-state index in [-0.39, 0.29) is 5.82 Å². The molecule has 0 atom stereocenters. The number of rotatable bonds is 3. The largest absolute Gasteiger partial charge is 0.213 e. The van der Waals surface area contributed by atoms with Gasteiger partial charge in [-0.2, -0.15) is 0 Å². The predicted octanol–water partition coefficient (Wildman–Crippen LogP) is 1.61. The first-order chi connectivity index (χ1) is 6.71. The Bertz CT molecular complexity index is 437. The molecular formula is C10H14FNO2S. The first-order valence-corrected chi connectivity index (χ1v) is 6.35. The van der Waals surface area contributed by atoms with Crippen LogP contribution in [-0.2, 0) is 15.6 Å². The summed E-state index contributed by atoms with van der Waals surface area (Å²) in [5.74, 6) is -0.339. The van der Waals surface area contributed by atoms with E-state index in [0.717, 1.165) is 6.26 Å². The molecule has 1 aromatic rings. The lowest BCUT2D eigenvalue weighted by Crippen LogP contribution is -2.40. The van der Waals surface area contributed by atoms with Gasteiger partial charge in [0.05, 0.1) is 11.8 Å². The number of nitrogens with one attached hydrogen (secondary N) is 1. The smallest absolute Gasteiger partial charge is 0.209 e. The van der Waals surface area contributed by atoms with Crippen LogP contribution in [-0.4, -0.2) is 14.7 Å². The van der Waals surface area contributed by atoms with Crippen molar-refractivity contribution in [1.29, 1.82) is 0 Å². The minimum atomic E-state index is -3.28. The third-order valence-electron chi connectivity index (χ3n) is 2.01. The Hall–Kier alpha value is -0.940. The van der Waals surface area contributed by atoms with Crippen molar-refractivity contribution in [2.24, 2.45) is 0 Å². The third-order valence-corrected chi connectivity index (χ3v) is 2.89. The van der Waals surface area contributed by atoms with Gasteiger partial charge in [0.15, 0.2) is 0 Å². The van der Waals surface area contributed by atoms with Gasteiger partial charge in [-0.15, -0.1) is 0 Å². The lowest BCUT2D eigenvalue weighted by Gasteiger charge is -2.25. The molecule has 0 saturated carbocycles. The lowest BCUT2D eigenvalue weighted by molar-refractivity contribution is 0.474. The first kappa shape index (κ1) is 12.1. The highest BCUT2D eigenvalue weighted by Gasteiger charge is 2.23. The molecule has 1 rings (SSSR count). The Balaban J connectivity index is 3.00. The Morgan fingerprint density at radius 2 is 1.67 bits per heavy atom. The molecule has 0 aliphatic heterocycles. The minimum Gasteiger partial charge on any atom is -0.213 e. The summed E-state index contributed by atoms with van der Waals surface area (Å²) in [6.45, 7) is 3.45. The maximum absolute atomic E-state index is 12.7. The van der Waals surface area contributed by atoms with E-state index in [9.17, 15) is 12.8 Å². The van der Waals surface area contributed by atoms with Crippen molar-refractivity contribution in [1.82, 2.24) is 4.72 Å². The van der Waals surface area contributed by atoms with Crippen LogP contribution in [0.2, 0.25) is 0 Å². The number of hydrogen-bond donors (Lipinski definition) is 1. The molecular weight excluding hydrogens is 217 g/mol. The van der Waals surface area contributed by atoms with Crippen molar-refractivity contribution < 1.29 is 12.8 Å². The molecule has 0 unspecified atom stereocenters. The zero-order valence-electron chi connectivity index (χ0n) is 8.91. The summed E-state index contributed by atoms with van der Waals surface area (Å²) in [5.41, 5.74) is -0.0179. The van der Waals surface area contributed by atoms with Crippen LogP contribution in [0.4, 0.5) is 4.39 Å². The highest BCUT2D eigenvalue weighted by molar-refractivity contribution is 7.88. The summed E-state index contributed by atoms with van der Waals surface area (Å²) >= 11 is 0. The molecule has 0 aromatic heterocycles. The first-order valence-electron chi connectivity index (χ1n) is 4.46. The molecule has 84 valence electrons. The second kappa shape index (κ2) is 3.90. The van der Waals surface area contributed by atoms with Crippen LogP contribution in [0, 0.1) is 5.82 Å². The number of hydrogen-bond acceptors (Lipinski definition) is 2. The van der Waals surface area contributed by atoms with Crippen molar-refractivity contribution in [2.45, 2.75) is 19.4 Å². The highest BCUT2D eigenvalue weighted by atomic mass is 32.2. The van der Waals surface area contributed by atoms with Crippen LogP contribution < -0.4 is 4.72 Å². The van der Waals surface area contributed by atoms with E-state index < -0.39 is 15.6 Å². The summed E-state index contributed by atoms with van der Waals surface area (Å²) in [4.78, 5) is 0. The summed E-state index contributed by atoms with van der Waals surface area (Å²) in [5, 5.41) is 0. The molecule has 0 saturated heterocycles. The van der Waals surface area contributed by atoms with Gasteiger partial charge in [-0.25, -0.2) is 17.5 Å². The second-order valence-electron chi connectivity index (χ2n) is 4.01. The Labute approximate surface area is 89.4 Å². The van der Waals surface area contributed by atoms with Gasteiger partial charge >= 0.3 is 0 Å². The van der Waals surface area contributed by atoms with Gasteiger partial charge in [-0.05, 0) is 31.5 Å². The maximum Gasteiger partial charge on any atom is 0.209 e. The maximum atomic E-state index is 12.7. The monoisotopic (exact) mass is 231 g/mol. The van der Waals surface area contributed by atoms with E-state index in [1.165, 1.54) is 12.1 Å². The lowest BCUT2D eigenvalue weighted by atomic mass is 9.96. The molecule has 3 nitrogen and oxygen atoms in total. The van der Waals surface area contributed by atoms with Crippen LogP contribution >= 0.6 is 0 Å². The fourth-order valence-corrected chi connectivity index (χ4v) is 2.43. The summed E-state index contributed by atoms with van der Waals surface area (Å²) in [7, 11) is -3.28. The van der Waals surface area contributed by atoms with Gasteiger partial charge in [0.25, 0.3) is 0 Å². The molecule has 0 bridgehead atoms. The van der Waals surface area contributed by atoms with Crippen LogP contribution in [0.25, 0.3) is 0 Å². The van der Waals surface area contributed by atoms with Crippen LogP contribution in [0.5, 0.6) is 0 Å². The predicted molar refractivity (Wildman–Crippen MR) is 57.4 cm³/mol. The topological polar surface area (TPSA) is 46.2 Å². The standard InChI is InChI=1S/C10H14FNO2S/c1-10(2,12-15(3,13)14)8-4-6-9(11)7-5-8/h4-7,12H,1-3H3. The van der Waals surface area contributed by atoms with Crippen molar-refractivity contribution in [3.63, 3.8) is 0 Å². The fraction of sp³-hybridized carbons (Fsp3) is 0.400. The van der Waals surface area contributed by atoms with Gasteiger partial charge in [-0.1, -0.05) is 12.1 Å². The van der Waals surface area contributed by atoms with Crippen molar-refractivity contribution in [3.8, 4) is 0 Å². The van der Waals surface area contributed by atoms with Gasteiger partial charge in [0.2, 0.25) is 10.0 Å². The van der Waals surface area contributed by atoms with Crippen molar-refractivity contribution in [3.05, 3.63) is 35.6 Å². The Kier molecular flexibility index (Phi) is 3.16. The number of sulfonamides is 1. The summed E-state index contributed by atoms with van der Waals surface area (Å²) in [6, 6.07) is 5.74. The molecule has 0 aliphatic carbocycles. The SMILES string of the molecule is CC(C)(NS(C)(=O)=O)c1ccc(F)cc1. The molecule has 0 fully saturated rings. The summed E-state index contributed by atoms with van der Waals surface area (Å²) in [6.07, 6.45) is 1.10. The van der Waals surface area contributed by atoms with E-state index in [2.05, 4.69) is 4.72 Å². The molecule has 0 aliphatic rings.